The highest BCUT2D eigenvalue weighted by Gasteiger charge is 2.38. The first-order valence-corrected chi connectivity index (χ1v) is 7.00. The Morgan fingerprint density at radius 3 is 2.56 bits per heavy atom. The van der Waals surface area contributed by atoms with E-state index in [1.54, 1.807) is 0 Å². The topological polar surface area (TPSA) is 29.3 Å². The van der Waals surface area contributed by atoms with Gasteiger partial charge in [-0.2, -0.15) is 0 Å². The Morgan fingerprint density at radius 2 is 1.94 bits per heavy atom. The van der Waals surface area contributed by atoms with Gasteiger partial charge in [0.1, 0.15) is 0 Å². The van der Waals surface area contributed by atoms with Crippen molar-refractivity contribution in [1.29, 1.82) is 0 Å². The van der Waals surface area contributed by atoms with Crippen LogP contribution in [0.25, 0.3) is 0 Å². The molecule has 2 rings (SSSR count). The SMILES string of the molecule is CC1CN(C2CCCCC2(C)C)CCC1N. The van der Waals surface area contributed by atoms with Crippen LogP contribution in [0.5, 0.6) is 0 Å². The second-order valence-corrected chi connectivity index (χ2v) is 6.67. The summed E-state index contributed by atoms with van der Waals surface area (Å²) in [6.07, 6.45) is 6.83. The van der Waals surface area contributed by atoms with Crippen LogP contribution in [0, 0.1) is 11.3 Å². The van der Waals surface area contributed by atoms with Crippen LogP contribution in [0.2, 0.25) is 0 Å². The van der Waals surface area contributed by atoms with Crippen LogP contribution in [0.15, 0.2) is 0 Å². The van der Waals surface area contributed by atoms with E-state index in [1.165, 1.54) is 45.2 Å². The fourth-order valence-electron chi connectivity index (χ4n) is 3.63. The van der Waals surface area contributed by atoms with Gasteiger partial charge in [0.2, 0.25) is 0 Å². The monoisotopic (exact) mass is 224 g/mol. The lowest BCUT2D eigenvalue weighted by Gasteiger charge is -2.49. The van der Waals surface area contributed by atoms with Gasteiger partial charge < -0.3 is 5.73 Å². The number of hydrogen-bond acceptors (Lipinski definition) is 2. The van der Waals surface area contributed by atoms with Crippen molar-refractivity contribution in [2.45, 2.75) is 65.0 Å². The Bertz CT molecular complexity index is 237. The summed E-state index contributed by atoms with van der Waals surface area (Å²) in [5.41, 5.74) is 6.62. The third-order valence-electron chi connectivity index (χ3n) is 4.89. The molecule has 1 aliphatic carbocycles. The molecule has 0 amide bonds. The number of rotatable bonds is 1. The molecule has 0 aromatic carbocycles. The summed E-state index contributed by atoms with van der Waals surface area (Å²) in [4.78, 5) is 2.73. The number of nitrogens with zero attached hydrogens (tertiary/aromatic N) is 1. The van der Waals surface area contributed by atoms with Crippen LogP contribution in [0.3, 0.4) is 0 Å². The Balaban J connectivity index is 2.01. The number of piperidine rings is 1. The van der Waals surface area contributed by atoms with Crippen molar-refractivity contribution in [2.24, 2.45) is 17.1 Å². The number of nitrogens with two attached hydrogens (primary N) is 1. The molecule has 2 fully saturated rings. The van der Waals surface area contributed by atoms with E-state index in [0.717, 1.165) is 6.04 Å². The minimum Gasteiger partial charge on any atom is -0.327 e. The third-order valence-corrected chi connectivity index (χ3v) is 4.89. The van der Waals surface area contributed by atoms with Gasteiger partial charge in [0.05, 0.1) is 0 Å². The van der Waals surface area contributed by atoms with E-state index in [2.05, 4.69) is 25.7 Å². The molecule has 1 saturated carbocycles. The Kier molecular flexibility index (Phi) is 3.60. The molecule has 3 atom stereocenters. The quantitative estimate of drug-likeness (QED) is 0.742. The van der Waals surface area contributed by atoms with Gasteiger partial charge in [-0.05, 0) is 37.1 Å². The molecule has 16 heavy (non-hydrogen) atoms. The molecule has 2 aliphatic rings. The summed E-state index contributed by atoms with van der Waals surface area (Å²) in [5, 5.41) is 0. The summed E-state index contributed by atoms with van der Waals surface area (Å²) in [6.45, 7) is 9.66. The molecule has 1 saturated heterocycles. The normalized spacial score (nSPS) is 40.9. The zero-order chi connectivity index (χ0) is 11.8. The summed E-state index contributed by atoms with van der Waals surface area (Å²) >= 11 is 0. The lowest BCUT2D eigenvalue weighted by atomic mass is 9.72. The first-order chi connectivity index (χ1) is 7.50. The summed E-state index contributed by atoms with van der Waals surface area (Å²) in [7, 11) is 0. The maximum atomic E-state index is 6.11. The van der Waals surface area contributed by atoms with Gasteiger partial charge in [-0.3, -0.25) is 4.90 Å². The van der Waals surface area contributed by atoms with E-state index in [-0.39, 0.29) is 0 Å². The van der Waals surface area contributed by atoms with Gasteiger partial charge >= 0.3 is 0 Å². The van der Waals surface area contributed by atoms with Crippen molar-refractivity contribution in [3.63, 3.8) is 0 Å². The zero-order valence-corrected chi connectivity index (χ0v) is 11.2. The smallest absolute Gasteiger partial charge is 0.0146 e. The van der Waals surface area contributed by atoms with Gasteiger partial charge in [-0.15, -0.1) is 0 Å². The molecule has 2 heteroatoms. The molecule has 0 spiro atoms. The van der Waals surface area contributed by atoms with Crippen LogP contribution in [-0.4, -0.2) is 30.1 Å². The van der Waals surface area contributed by atoms with Gasteiger partial charge in [-0.1, -0.05) is 33.6 Å². The molecule has 94 valence electrons. The molecule has 3 unspecified atom stereocenters. The van der Waals surface area contributed by atoms with E-state index in [9.17, 15) is 0 Å². The lowest BCUT2D eigenvalue weighted by Crippen LogP contribution is -2.54. The van der Waals surface area contributed by atoms with E-state index in [4.69, 9.17) is 5.73 Å². The fraction of sp³-hybridized carbons (Fsp3) is 1.00. The molecule has 0 bridgehead atoms. The minimum absolute atomic E-state index is 0.433. The lowest BCUT2D eigenvalue weighted by molar-refractivity contribution is 0.0174. The summed E-state index contributed by atoms with van der Waals surface area (Å²) < 4.78 is 0. The van der Waals surface area contributed by atoms with E-state index < -0.39 is 0 Å². The molecular weight excluding hydrogens is 196 g/mol. The van der Waals surface area contributed by atoms with Crippen LogP contribution in [0.4, 0.5) is 0 Å². The fourth-order valence-corrected chi connectivity index (χ4v) is 3.63. The van der Waals surface area contributed by atoms with Crippen LogP contribution < -0.4 is 5.73 Å². The van der Waals surface area contributed by atoms with E-state index >= 15 is 0 Å². The van der Waals surface area contributed by atoms with Crippen LogP contribution >= 0.6 is 0 Å². The van der Waals surface area contributed by atoms with Crippen molar-refractivity contribution in [3.05, 3.63) is 0 Å². The molecule has 0 radical (unpaired) electrons. The molecule has 0 aromatic heterocycles. The number of hydrogen-bond donors (Lipinski definition) is 1. The maximum Gasteiger partial charge on any atom is 0.0146 e. The van der Waals surface area contributed by atoms with Gasteiger partial charge in [-0.25, -0.2) is 0 Å². The molecule has 1 aliphatic heterocycles. The average molecular weight is 224 g/mol. The molecule has 2 nitrogen and oxygen atoms in total. The predicted octanol–water partition coefficient (Wildman–Crippen LogP) is 2.62. The largest absolute Gasteiger partial charge is 0.327 e. The second kappa shape index (κ2) is 4.66. The molecule has 1 heterocycles. The van der Waals surface area contributed by atoms with E-state index in [1.807, 2.05) is 0 Å². The third kappa shape index (κ3) is 2.43. The highest BCUT2D eigenvalue weighted by molar-refractivity contribution is 4.93. The van der Waals surface area contributed by atoms with E-state index in [0.29, 0.717) is 17.4 Å². The Hall–Kier alpha value is -0.0800. The van der Waals surface area contributed by atoms with Gasteiger partial charge in [0.15, 0.2) is 0 Å². The summed E-state index contributed by atoms with van der Waals surface area (Å²) in [5.74, 6) is 0.673. The molecular formula is C14H28N2. The molecule has 2 N–H and O–H groups in total. The first-order valence-electron chi connectivity index (χ1n) is 7.00. The standard InChI is InChI=1S/C14H28N2/c1-11-10-16(9-7-12(11)15)13-6-4-5-8-14(13,2)3/h11-13H,4-10,15H2,1-3H3. The zero-order valence-electron chi connectivity index (χ0n) is 11.2. The van der Waals surface area contributed by atoms with Crippen molar-refractivity contribution < 1.29 is 0 Å². The predicted molar refractivity (Wildman–Crippen MR) is 69.4 cm³/mol. The highest BCUT2D eigenvalue weighted by Crippen LogP contribution is 2.39. The Labute approximate surface area is 101 Å². The molecule has 0 aromatic rings. The highest BCUT2D eigenvalue weighted by atomic mass is 15.2. The maximum absolute atomic E-state index is 6.11. The first kappa shape index (κ1) is 12.4. The van der Waals surface area contributed by atoms with Crippen molar-refractivity contribution in [1.82, 2.24) is 4.90 Å². The summed E-state index contributed by atoms with van der Waals surface area (Å²) in [6, 6.07) is 1.24. The van der Waals surface area contributed by atoms with Crippen molar-refractivity contribution in [3.8, 4) is 0 Å². The minimum atomic E-state index is 0.433. The van der Waals surface area contributed by atoms with Crippen molar-refractivity contribution >= 4 is 0 Å². The average Bonchev–Trinajstić information content (AvgIpc) is 2.22. The van der Waals surface area contributed by atoms with Gasteiger partial charge in [0, 0.05) is 18.6 Å². The Morgan fingerprint density at radius 1 is 1.19 bits per heavy atom. The van der Waals surface area contributed by atoms with Gasteiger partial charge in [0.25, 0.3) is 0 Å². The second-order valence-electron chi connectivity index (χ2n) is 6.67. The van der Waals surface area contributed by atoms with Crippen LogP contribution in [-0.2, 0) is 0 Å². The van der Waals surface area contributed by atoms with Crippen molar-refractivity contribution in [2.75, 3.05) is 13.1 Å². The number of likely N-dealkylation sites (tertiary alicyclic amines) is 1. The van der Waals surface area contributed by atoms with Crippen LogP contribution in [0.1, 0.15) is 52.9 Å².